The molecule has 0 atom stereocenters. The number of aromatic hydroxyl groups is 1. The minimum Gasteiger partial charge on any atom is -0.504 e. The van der Waals surface area contributed by atoms with Gasteiger partial charge in [-0.2, -0.15) is 0 Å². The Balaban J connectivity index is 0.000000770. The number of terminal acetylenes is 1. The van der Waals surface area contributed by atoms with Gasteiger partial charge in [0.15, 0.2) is 24.6 Å². The maximum atomic E-state index is 10.5. The number of hydrogen-bond donors (Lipinski definition) is 1. The lowest BCUT2D eigenvalue weighted by Gasteiger charge is -2.08. The zero-order valence-corrected chi connectivity index (χ0v) is 11.2. The van der Waals surface area contributed by atoms with Gasteiger partial charge in [0, 0.05) is 17.1 Å². The van der Waals surface area contributed by atoms with Crippen LogP contribution in [0.5, 0.6) is 11.5 Å². The molecule has 0 saturated carbocycles. The Labute approximate surface area is 109 Å². The van der Waals surface area contributed by atoms with Crippen molar-refractivity contribution < 1.29 is 19.4 Å². The highest BCUT2D eigenvalue weighted by Crippen LogP contribution is 2.31. The molecule has 1 aromatic carbocycles. The van der Waals surface area contributed by atoms with E-state index in [4.69, 9.17) is 4.74 Å². The zero-order chi connectivity index (χ0) is 13.3. The number of rotatable bonds is 4. The first kappa shape index (κ1) is 15.5. The van der Waals surface area contributed by atoms with E-state index in [2.05, 4.69) is 33.0 Å². The number of phenolic OH excluding ortho intramolecular Hbond substituents is 1. The van der Waals surface area contributed by atoms with Crippen molar-refractivity contribution in [1.29, 1.82) is 0 Å². The third-order valence-corrected chi connectivity index (χ3v) is 2.22. The Morgan fingerprint density at radius 3 is 2.65 bits per heavy atom. The predicted molar refractivity (Wildman–Crippen MR) is 68.2 cm³/mol. The standard InChI is InChI=1S/C9H9BrO4.C3H4/c1-13-5-14-9-3-7(10)6(4-11)2-8(9)12;1-3-2/h2-4,12H,5H2,1H3;1H,2H3. The summed E-state index contributed by atoms with van der Waals surface area (Å²) in [4.78, 5) is 10.5. The van der Waals surface area contributed by atoms with Crippen LogP contribution in [0, 0.1) is 12.3 Å². The number of halogens is 1. The van der Waals surface area contributed by atoms with Gasteiger partial charge >= 0.3 is 0 Å². The lowest BCUT2D eigenvalue weighted by molar-refractivity contribution is 0.0491. The molecule has 0 fully saturated rings. The van der Waals surface area contributed by atoms with Crippen LogP contribution >= 0.6 is 15.9 Å². The van der Waals surface area contributed by atoms with E-state index in [1.807, 2.05) is 0 Å². The molecule has 92 valence electrons. The topological polar surface area (TPSA) is 55.8 Å². The number of hydrogen-bond acceptors (Lipinski definition) is 4. The molecule has 0 unspecified atom stereocenters. The molecule has 5 heteroatoms. The first-order chi connectivity index (χ1) is 8.10. The smallest absolute Gasteiger partial charge is 0.188 e. The number of ether oxygens (including phenoxy) is 2. The molecule has 0 aromatic heterocycles. The molecule has 1 aromatic rings. The van der Waals surface area contributed by atoms with Crippen LogP contribution in [0.1, 0.15) is 17.3 Å². The SMILES string of the molecule is C#CC.COCOc1cc(Br)c(C=O)cc1O. The van der Waals surface area contributed by atoms with Gasteiger partial charge in [0.25, 0.3) is 0 Å². The van der Waals surface area contributed by atoms with Crippen molar-refractivity contribution in [2.24, 2.45) is 0 Å². The van der Waals surface area contributed by atoms with Crippen molar-refractivity contribution in [3.05, 3.63) is 22.2 Å². The van der Waals surface area contributed by atoms with Gasteiger partial charge in [0.2, 0.25) is 0 Å². The average molecular weight is 301 g/mol. The third-order valence-electron chi connectivity index (χ3n) is 1.54. The largest absolute Gasteiger partial charge is 0.504 e. The Morgan fingerprint density at radius 2 is 2.18 bits per heavy atom. The number of carbonyl (C=O) groups excluding carboxylic acids is 1. The summed E-state index contributed by atoms with van der Waals surface area (Å²) in [5, 5.41) is 9.41. The van der Waals surface area contributed by atoms with Crippen molar-refractivity contribution in [2.75, 3.05) is 13.9 Å². The van der Waals surface area contributed by atoms with E-state index in [1.165, 1.54) is 19.2 Å². The van der Waals surface area contributed by atoms with Gasteiger partial charge in [-0.1, -0.05) is 0 Å². The molecule has 17 heavy (non-hydrogen) atoms. The number of benzene rings is 1. The van der Waals surface area contributed by atoms with E-state index in [0.29, 0.717) is 16.3 Å². The predicted octanol–water partition coefficient (Wildman–Crippen LogP) is 2.59. The third kappa shape index (κ3) is 5.38. The molecule has 1 rings (SSSR count). The number of carbonyl (C=O) groups is 1. The average Bonchev–Trinajstić information content (AvgIpc) is 2.30. The molecule has 0 spiro atoms. The second-order valence-corrected chi connectivity index (χ2v) is 3.65. The Morgan fingerprint density at radius 1 is 1.59 bits per heavy atom. The molecule has 0 aliphatic carbocycles. The highest BCUT2D eigenvalue weighted by Gasteiger charge is 2.07. The maximum absolute atomic E-state index is 10.5. The van der Waals surface area contributed by atoms with E-state index in [9.17, 15) is 9.90 Å². The number of methoxy groups -OCH3 is 1. The van der Waals surface area contributed by atoms with Crippen LogP contribution in [0.4, 0.5) is 0 Å². The summed E-state index contributed by atoms with van der Waals surface area (Å²) >= 11 is 3.17. The minimum atomic E-state index is -0.0904. The molecule has 0 aliphatic heterocycles. The fourth-order valence-electron chi connectivity index (χ4n) is 0.888. The van der Waals surface area contributed by atoms with Gasteiger partial charge in [-0.15, -0.1) is 12.3 Å². The van der Waals surface area contributed by atoms with E-state index in [1.54, 1.807) is 6.92 Å². The first-order valence-electron chi connectivity index (χ1n) is 4.57. The molecule has 0 radical (unpaired) electrons. The quantitative estimate of drug-likeness (QED) is 0.527. The van der Waals surface area contributed by atoms with Crippen molar-refractivity contribution >= 4 is 22.2 Å². The molecular formula is C12H13BrO4. The molecule has 0 heterocycles. The van der Waals surface area contributed by atoms with Crippen molar-refractivity contribution in [2.45, 2.75) is 6.92 Å². The summed E-state index contributed by atoms with van der Waals surface area (Å²) in [5.41, 5.74) is 0.368. The Kier molecular flexibility index (Phi) is 7.85. The van der Waals surface area contributed by atoms with Crippen LogP contribution in [0.2, 0.25) is 0 Å². The number of aldehydes is 1. The normalized spacial score (nSPS) is 8.59. The first-order valence-corrected chi connectivity index (χ1v) is 5.36. The summed E-state index contributed by atoms with van der Waals surface area (Å²) in [6.07, 6.45) is 5.24. The van der Waals surface area contributed by atoms with E-state index >= 15 is 0 Å². The molecule has 1 N–H and O–H groups in total. The number of phenols is 1. The lowest BCUT2D eigenvalue weighted by Crippen LogP contribution is -1.99. The summed E-state index contributed by atoms with van der Waals surface area (Å²) in [6, 6.07) is 2.83. The summed E-state index contributed by atoms with van der Waals surface area (Å²) in [7, 11) is 1.48. The van der Waals surface area contributed by atoms with Crippen LogP contribution in [0.3, 0.4) is 0 Å². The van der Waals surface area contributed by atoms with Crippen LogP contribution in [-0.4, -0.2) is 25.3 Å². The van der Waals surface area contributed by atoms with Gasteiger partial charge in [0.1, 0.15) is 0 Å². The Bertz CT molecular complexity index is 410. The van der Waals surface area contributed by atoms with Crippen molar-refractivity contribution in [3.8, 4) is 23.8 Å². The van der Waals surface area contributed by atoms with Crippen molar-refractivity contribution in [3.63, 3.8) is 0 Å². The van der Waals surface area contributed by atoms with Gasteiger partial charge in [-0.05, 0) is 35.0 Å². The van der Waals surface area contributed by atoms with E-state index in [-0.39, 0.29) is 18.3 Å². The van der Waals surface area contributed by atoms with Gasteiger partial charge < -0.3 is 14.6 Å². The zero-order valence-electron chi connectivity index (χ0n) is 9.57. The summed E-state index contributed by atoms with van der Waals surface area (Å²) < 4.78 is 10.3. The lowest BCUT2D eigenvalue weighted by atomic mass is 10.2. The highest BCUT2D eigenvalue weighted by atomic mass is 79.9. The van der Waals surface area contributed by atoms with Crippen LogP contribution in [-0.2, 0) is 4.74 Å². The second kappa shape index (κ2) is 8.62. The monoisotopic (exact) mass is 300 g/mol. The molecule has 0 saturated heterocycles. The summed E-state index contributed by atoms with van der Waals surface area (Å²) in [5.74, 6) is 2.43. The Hall–Kier alpha value is -1.51. The van der Waals surface area contributed by atoms with Crippen molar-refractivity contribution in [1.82, 2.24) is 0 Å². The van der Waals surface area contributed by atoms with Gasteiger partial charge in [-0.3, -0.25) is 4.79 Å². The fraction of sp³-hybridized carbons (Fsp3) is 0.250. The van der Waals surface area contributed by atoms with E-state index < -0.39 is 0 Å². The maximum Gasteiger partial charge on any atom is 0.188 e. The molecule has 4 nitrogen and oxygen atoms in total. The molecule has 0 amide bonds. The molecular weight excluding hydrogens is 288 g/mol. The second-order valence-electron chi connectivity index (χ2n) is 2.80. The molecule has 0 aliphatic rings. The van der Waals surface area contributed by atoms with Crippen LogP contribution in [0.25, 0.3) is 0 Å². The van der Waals surface area contributed by atoms with Gasteiger partial charge in [0.05, 0.1) is 0 Å². The van der Waals surface area contributed by atoms with E-state index in [0.717, 1.165) is 0 Å². The highest BCUT2D eigenvalue weighted by molar-refractivity contribution is 9.10. The summed E-state index contributed by atoms with van der Waals surface area (Å²) in [6.45, 7) is 1.69. The fourth-order valence-corrected chi connectivity index (χ4v) is 1.30. The molecule has 0 bridgehead atoms. The minimum absolute atomic E-state index is 0.0421. The van der Waals surface area contributed by atoms with Gasteiger partial charge in [-0.25, -0.2) is 0 Å². The van der Waals surface area contributed by atoms with Crippen LogP contribution in [0.15, 0.2) is 16.6 Å². The van der Waals surface area contributed by atoms with Crippen LogP contribution < -0.4 is 4.74 Å².